The minimum Gasteiger partial charge on any atom is -0.497 e. The van der Waals surface area contributed by atoms with Crippen molar-refractivity contribution in [1.82, 2.24) is 5.32 Å². The Morgan fingerprint density at radius 3 is 2.48 bits per heavy atom. The number of benzene rings is 2. The molecular formula is C17H18FNO2. The van der Waals surface area contributed by atoms with Crippen molar-refractivity contribution in [3.05, 3.63) is 65.0 Å². The summed E-state index contributed by atoms with van der Waals surface area (Å²) in [6.45, 7) is 3.68. The number of ether oxygens (including phenoxy) is 1. The summed E-state index contributed by atoms with van der Waals surface area (Å²) >= 11 is 0. The number of rotatable bonds is 4. The zero-order chi connectivity index (χ0) is 15.4. The van der Waals surface area contributed by atoms with Crippen LogP contribution in [0.5, 0.6) is 5.75 Å². The summed E-state index contributed by atoms with van der Waals surface area (Å²) in [5.41, 5.74) is 1.84. The molecule has 2 aromatic carbocycles. The molecule has 0 spiro atoms. The zero-order valence-electron chi connectivity index (χ0n) is 12.3. The molecule has 0 heterocycles. The van der Waals surface area contributed by atoms with Gasteiger partial charge in [-0.25, -0.2) is 4.39 Å². The van der Waals surface area contributed by atoms with E-state index in [0.29, 0.717) is 0 Å². The summed E-state index contributed by atoms with van der Waals surface area (Å²) in [6.07, 6.45) is 0. The van der Waals surface area contributed by atoms with E-state index in [1.54, 1.807) is 19.2 Å². The van der Waals surface area contributed by atoms with Crippen molar-refractivity contribution in [1.29, 1.82) is 0 Å². The maximum absolute atomic E-state index is 13.7. The monoisotopic (exact) mass is 287 g/mol. The van der Waals surface area contributed by atoms with Crippen molar-refractivity contribution in [3.63, 3.8) is 0 Å². The molecule has 4 heteroatoms. The van der Waals surface area contributed by atoms with Crippen molar-refractivity contribution >= 4 is 5.91 Å². The minimum absolute atomic E-state index is 0.0651. The Hall–Kier alpha value is -2.36. The third-order valence-corrected chi connectivity index (χ3v) is 3.33. The fraction of sp³-hybridized carbons (Fsp3) is 0.235. The predicted molar refractivity (Wildman–Crippen MR) is 80.0 cm³/mol. The fourth-order valence-corrected chi connectivity index (χ4v) is 2.06. The van der Waals surface area contributed by atoms with E-state index >= 15 is 0 Å². The topological polar surface area (TPSA) is 38.3 Å². The average molecular weight is 287 g/mol. The number of amides is 1. The lowest BCUT2D eigenvalue weighted by Gasteiger charge is -2.15. The second kappa shape index (κ2) is 6.39. The van der Waals surface area contributed by atoms with Crippen LogP contribution in [0.4, 0.5) is 4.39 Å². The van der Waals surface area contributed by atoms with E-state index < -0.39 is 11.7 Å². The molecule has 0 aliphatic heterocycles. The second-order valence-corrected chi connectivity index (χ2v) is 4.95. The predicted octanol–water partition coefficient (Wildman–Crippen LogP) is 3.63. The molecule has 0 aromatic heterocycles. The highest BCUT2D eigenvalue weighted by atomic mass is 19.1. The van der Waals surface area contributed by atoms with E-state index in [-0.39, 0.29) is 11.6 Å². The van der Waals surface area contributed by atoms with Gasteiger partial charge >= 0.3 is 0 Å². The Morgan fingerprint density at radius 1 is 1.19 bits per heavy atom. The molecule has 0 saturated heterocycles. The van der Waals surface area contributed by atoms with Gasteiger partial charge in [0.2, 0.25) is 0 Å². The molecule has 2 aromatic rings. The highest BCUT2D eigenvalue weighted by Crippen LogP contribution is 2.18. The van der Waals surface area contributed by atoms with Crippen LogP contribution in [0.25, 0.3) is 0 Å². The van der Waals surface area contributed by atoms with Crippen molar-refractivity contribution in [2.75, 3.05) is 7.11 Å². The van der Waals surface area contributed by atoms with Gasteiger partial charge < -0.3 is 10.1 Å². The molecule has 1 unspecified atom stereocenters. The first-order valence-corrected chi connectivity index (χ1v) is 6.72. The molecule has 110 valence electrons. The lowest BCUT2D eigenvalue weighted by atomic mass is 10.1. The number of carbonyl (C=O) groups is 1. The van der Waals surface area contributed by atoms with E-state index in [9.17, 15) is 9.18 Å². The number of carbonyl (C=O) groups excluding carboxylic acids is 1. The van der Waals surface area contributed by atoms with E-state index in [1.165, 1.54) is 6.07 Å². The van der Waals surface area contributed by atoms with E-state index in [2.05, 4.69) is 5.32 Å². The molecule has 0 aliphatic carbocycles. The first-order chi connectivity index (χ1) is 10.0. The summed E-state index contributed by atoms with van der Waals surface area (Å²) in [7, 11) is 1.60. The Balaban J connectivity index is 2.12. The van der Waals surface area contributed by atoms with Crippen LogP contribution in [0.3, 0.4) is 0 Å². The molecule has 1 amide bonds. The molecule has 1 atom stereocenters. The van der Waals surface area contributed by atoms with Gasteiger partial charge in [-0.2, -0.15) is 0 Å². The molecule has 3 nitrogen and oxygen atoms in total. The number of halogens is 1. The first kappa shape index (κ1) is 15.0. The molecule has 0 radical (unpaired) electrons. The molecule has 2 rings (SSSR count). The zero-order valence-corrected chi connectivity index (χ0v) is 12.3. The second-order valence-electron chi connectivity index (χ2n) is 4.95. The van der Waals surface area contributed by atoms with Crippen LogP contribution in [0.1, 0.15) is 34.5 Å². The van der Waals surface area contributed by atoms with Gasteiger partial charge in [-0.3, -0.25) is 4.79 Å². The molecular weight excluding hydrogens is 269 g/mol. The number of hydrogen-bond acceptors (Lipinski definition) is 2. The quantitative estimate of drug-likeness (QED) is 0.932. The highest BCUT2D eigenvalue weighted by molar-refractivity contribution is 5.94. The van der Waals surface area contributed by atoms with Gasteiger partial charge in [-0.05, 0) is 43.7 Å². The number of hydrogen-bond donors (Lipinski definition) is 1. The molecule has 0 saturated carbocycles. The van der Waals surface area contributed by atoms with Crippen molar-refractivity contribution < 1.29 is 13.9 Å². The normalized spacial score (nSPS) is 11.8. The fourth-order valence-electron chi connectivity index (χ4n) is 2.06. The average Bonchev–Trinajstić information content (AvgIpc) is 2.49. The Labute approximate surface area is 123 Å². The summed E-state index contributed by atoms with van der Waals surface area (Å²) in [6, 6.07) is 11.7. The van der Waals surface area contributed by atoms with E-state index in [1.807, 2.05) is 38.1 Å². The molecule has 0 fully saturated rings. The SMILES string of the molecule is COc1ccc(C(C)NC(=O)c2cc(C)ccc2F)cc1. The van der Waals surface area contributed by atoms with Crippen LogP contribution in [0.15, 0.2) is 42.5 Å². The summed E-state index contributed by atoms with van der Waals surface area (Å²) < 4.78 is 18.8. The molecule has 0 bridgehead atoms. The molecule has 21 heavy (non-hydrogen) atoms. The lowest BCUT2D eigenvalue weighted by Crippen LogP contribution is -2.27. The van der Waals surface area contributed by atoms with Crippen molar-refractivity contribution in [2.24, 2.45) is 0 Å². The smallest absolute Gasteiger partial charge is 0.254 e. The molecule has 0 aliphatic rings. The maximum Gasteiger partial charge on any atom is 0.254 e. The van der Waals surface area contributed by atoms with Gasteiger partial charge in [0.05, 0.1) is 18.7 Å². The van der Waals surface area contributed by atoms with Gasteiger partial charge in [-0.15, -0.1) is 0 Å². The van der Waals surface area contributed by atoms with Crippen LogP contribution in [-0.4, -0.2) is 13.0 Å². The number of methoxy groups -OCH3 is 1. The van der Waals surface area contributed by atoms with Gasteiger partial charge in [0.25, 0.3) is 5.91 Å². The number of nitrogens with one attached hydrogen (secondary N) is 1. The van der Waals surface area contributed by atoms with Gasteiger partial charge in [0.1, 0.15) is 11.6 Å². The lowest BCUT2D eigenvalue weighted by molar-refractivity contribution is 0.0935. The van der Waals surface area contributed by atoms with Crippen molar-refractivity contribution in [2.45, 2.75) is 19.9 Å². The van der Waals surface area contributed by atoms with E-state index in [4.69, 9.17) is 4.74 Å². The van der Waals surface area contributed by atoms with Crippen LogP contribution in [-0.2, 0) is 0 Å². The van der Waals surface area contributed by atoms with Gasteiger partial charge in [-0.1, -0.05) is 23.8 Å². The Kier molecular flexibility index (Phi) is 4.58. The highest BCUT2D eigenvalue weighted by Gasteiger charge is 2.15. The Morgan fingerprint density at radius 2 is 1.86 bits per heavy atom. The van der Waals surface area contributed by atoms with Crippen molar-refractivity contribution in [3.8, 4) is 5.75 Å². The molecule has 1 N–H and O–H groups in total. The Bertz CT molecular complexity index is 638. The van der Waals surface area contributed by atoms with E-state index in [0.717, 1.165) is 16.9 Å². The standard InChI is InChI=1S/C17H18FNO2/c1-11-4-9-16(18)15(10-11)17(20)19-12(2)13-5-7-14(21-3)8-6-13/h4-10,12H,1-3H3,(H,19,20). The summed E-state index contributed by atoms with van der Waals surface area (Å²) in [4.78, 5) is 12.1. The minimum atomic E-state index is -0.514. The van der Waals surface area contributed by atoms with Crippen LogP contribution < -0.4 is 10.1 Å². The van der Waals surface area contributed by atoms with Gasteiger partial charge in [0.15, 0.2) is 0 Å². The summed E-state index contributed by atoms with van der Waals surface area (Å²) in [5.74, 6) is -0.179. The first-order valence-electron chi connectivity index (χ1n) is 6.72. The third-order valence-electron chi connectivity index (χ3n) is 3.33. The number of aryl methyl sites for hydroxylation is 1. The largest absolute Gasteiger partial charge is 0.497 e. The maximum atomic E-state index is 13.7. The third kappa shape index (κ3) is 3.60. The van der Waals surface area contributed by atoms with Crippen LogP contribution in [0.2, 0.25) is 0 Å². The van der Waals surface area contributed by atoms with Crippen LogP contribution in [0, 0.1) is 12.7 Å². The summed E-state index contributed by atoms with van der Waals surface area (Å²) in [5, 5.41) is 2.80. The van der Waals surface area contributed by atoms with Gasteiger partial charge in [0, 0.05) is 0 Å². The van der Waals surface area contributed by atoms with Crippen LogP contribution >= 0.6 is 0 Å².